The Bertz CT molecular complexity index is 678. The van der Waals surface area contributed by atoms with Crippen LogP contribution >= 0.6 is 0 Å². The lowest BCUT2D eigenvalue weighted by atomic mass is 9.45. The molecule has 0 aromatic rings. The minimum atomic E-state index is -0.113. The fourth-order valence-corrected chi connectivity index (χ4v) is 8.06. The minimum Gasteiger partial charge on any atom is -0.393 e. The van der Waals surface area contributed by atoms with Gasteiger partial charge < -0.3 is 15.2 Å². The topological polar surface area (TPSA) is 41.5 Å². The zero-order valence-corrected chi connectivity index (χ0v) is 18.0. The van der Waals surface area contributed by atoms with Crippen molar-refractivity contribution in [3.05, 3.63) is 23.3 Å². The van der Waals surface area contributed by atoms with Crippen molar-refractivity contribution in [2.45, 2.75) is 77.9 Å². The Balaban J connectivity index is 1.48. The number of nitrogens with one attached hydrogen (secondary N) is 1. The van der Waals surface area contributed by atoms with Crippen molar-refractivity contribution in [3.8, 4) is 0 Å². The van der Waals surface area contributed by atoms with E-state index in [1.54, 1.807) is 11.1 Å². The molecule has 8 atom stereocenters. The summed E-state index contributed by atoms with van der Waals surface area (Å²) >= 11 is 0. The second-order valence-electron chi connectivity index (χ2n) is 10.8. The highest BCUT2D eigenvalue weighted by atomic mass is 16.5. The van der Waals surface area contributed by atoms with Crippen LogP contribution in [0.4, 0.5) is 0 Å². The standard InChI is InChI=1S/C25H39NO2/c1-4-16-13-17-14-18(27)7-9-24(17,2)21-8-10-25(3)19(5-6-20(25)23(16)21)22-15-26-11-12-28-22/h5,13,16,18,20-23,26-27H,4,6-12,14-15H2,1-3H3/t16-,18-,20-,21-,22?,23-,24-,25+/m0/s1. The predicted molar refractivity (Wildman–Crippen MR) is 113 cm³/mol. The summed E-state index contributed by atoms with van der Waals surface area (Å²) in [7, 11) is 0. The van der Waals surface area contributed by atoms with E-state index in [4.69, 9.17) is 4.74 Å². The molecule has 5 aliphatic rings. The molecule has 2 N–H and O–H groups in total. The maximum atomic E-state index is 10.3. The van der Waals surface area contributed by atoms with Crippen molar-refractivity contribution in [2.75, 3.05) is 19.7 Å². The monoisotopic (exact) mass is 385 g/mol. The van der Waals surface area contributed by atoms with E-state index in [1.807, 2.05) is 0 Å². The van der Waals surface area contributed by atoms with E-state index in [2.05, 4.69) is 38.2 Å². The fraction of sp³-hybridized carbons (Fsp3) is 0.840. The molecular weight excluding hydrogens is 346 g/mol. The lowest BCUT2D eigenvalue weighted by molar-refractivity contribution is -0.0604. The van der Waals surface area contributed by atoms with Crippen LogP contribution in [0.15, 0.2) is 23.3 Å². The van der Waals surface area contributed by atoms with Gasteiger partial charge in [-0.1, -0.05) is 38.5 Å². The molecule has 0 amide bonds. The number of hydrogen-bond donors (Lipinski definition) is 2. The Morgan fingerprint density at radius 2 is 2.00 bits per heavy atom. The van der Waals surface area contributed by atoms with Gasteiger partial charge in [-0.15, -0.1) is 0 Å². The molecule has 1 aliphatic heterocycles. The molecule has 5 rings (SSSR count). The number of aliphatic hydroxyl groups excluding tert-OH is 1. The van der Waals surface area contributed by atoms with E-state index in [0.29, 0.717) is 16.7 Å². The van der Waals surface area contributed by atoms with Crippen LogP contribution in [0.25, 0.3) is 0 Å². The van der Waals surface area contributed by atoms with Crippen molar-refractivity contribution >= 4 is 0 Å². The number of rotatable bonds is 2. The van der Waals surface area contributed by atoms with Gasteiger partial charge in [0.1, 0.15) is 0 Å². The van der Waals surface area contributed by atoms with Crippen LogP contribution < -0.4 is 5.32 Å². The van der Waals surface area contributed by atoms with Gasteiger partial charge in [-0.25, -0.2) is 0 Å². The molecule has 0 aromatic heterocycles. The van der Waals surface area contributed by atoms with Crippen molar-refractivity contribution < 1.29 is 9.84 Å². The number of morpholine rings is 1. The summed E-state index contributed by atoms with van der Waals surface area (Å²) in [5.74, 6) is 3.03. The van der Waals surface area contributed by atoms with Gasteiger partial charge in [-0.2, -0.15) is 0 Å². The molecule has 28 heavy (non-hydrogen) atoms. The second kappa shape index (κ2) is 6.96. The van der Waals surface area contributed by atoms with E-state index in [0.717, 1.165) is 50.3 Å². The SMILES string of the molecule is CC[C@H]1C=C2C[C@@H](O)CC[C@]2(C)[C@H]2CC[C@]3(C)C(C4CNCCO4)=CC[C@H]3[C@H]12. The van der Waals surface area contributed by atoms with Crippen LogP contribution in [0.1, 0.15) is 65.7 Å². The smallest absolute Gasteiger partial charge is 0.0915 e. The highest BCUT2D eigenvalue weighted by Crippen LogP contribution is 2.66. The first kappa shape index (κ1) is 19.3. The summed E-state index contributed by atoms with van der Waals surface area (Å²) in [5.41, 5.74) is 3.84. The van der Waals surface area contributed by atoms with Crippen LogP contribution in [0.2, 0.25) is 0 Å². The highest BCUT2D eigenvalue weighted by Gasteiger charge is 2.59. The molecule has 0 bridgehead atoms. The molecule has 4 aliphatic carbocycles. The normalized spacial score (nSPS) is 50.9. The van der Waals surface area contributed by atoms with Gasteiger partial charge in [0, 0.05) is 13.1 Å². The van der Waals surface area contributed by atoms with Crippen LogP contribution in [-0.4, -0.2) is 37.0 Å². The second-order valence-corrected chi connectivity index (χ2v) is 10.8. The molecule has 156 valence electrons. The third-order valence-electron chi connectivity index (χ3n) is 9.63. The lowest BCUT2D eigenvalue weighted by Gasteiger charge is -2.60. The van der Waals surface area contributed by atoms with E-state index in [1.165, 1.54) is 32.1 Å². The molecule has 1 heterocycles. The zero-order valence-electron chi connectivity index (χ0n) is 18.0. The predicted octanol–water partition coefficient (Wildman–Crippen LogP) is 4.47. The Hall–Kier alpha value is -0.640. The molecule has 3 heteroatoms. The van der Waals surface area contributed by atoms with Crippen molar-refractivity contribution in [1.82, 2.24) is 5.32 Å². The number of allylic oxidation sites excluding steroid dienone is 2. The molecule has 1 unspecified atom stereocenters. The summed E-state index contributed by atoms with van der Waals surface area (Å²) < 4.78 is 6.21. The number of aliphatic hydroxyl groups is 1. The van der Waals surface area contributed by atoms with Crippen LogP contribution in [0.3, 0.4) is 0 Å². The third kappa shape index (κ3) is 2.72. The van der Waals surface area contributed by atoms with E-state index in [9.17, 15) is 5.11 Å². The summed E-state index contributed by atoms with van der Waals surface area (Å²) in [4.78, 5) is 0. The van der Waals surface area contributed by atoms with Crippen molar-refractivity contribution in [1.29, 1.82) is 0 Å². The van der Waals surface area contributed by atoms with Gasteiger partial charge in [-0.3, -0.25) is 0 Å². The number of hydrogen-bond acceptors (Lipinski definition) is 3. The zero-order chi connectivity index (χ0) is 19.5. The van der Waals surface area contributed by atoms with Gasteiger partial charge in [0.15, 0.2) is 0 Å². The molecule has 0 aromatic carbocycles. The Labute approximate surface area is 171 Å². The van der Waals surface area contributed by atoms with Crippen LogP contribution in [-0.2, 0) is 4.74 Å². The number of ether oxygens (including phenoxy) is 1. The Morgan fingerprint density at radius 3 is 2.75 bits per heavy atom. The fourth-order valence-electron chi connectivity index (χ4n) is 8.06. The summed E-state index contributed by atoms with van der Waals surface area (Å²) in [5, 5.41) is 13.9. The molecule has 0 spiro atoms. The van der Waals surface area contributed by atoms with E-state index in [-0.39, 0.29) is 12.2 Å². The van der Waals surface area contributed by atoms with Crippen molar-refractivity contribution in [2.24, 2.45) is 34.5 Å². The first-order valence-corrected chi connectivity index (χ1v) is 11.9. The lowest BCUT2D eigenvalue weighted by Crippen LogP contribution is -2.54. The van der Waals surface area contributed by atoms with E-state index >= 15 is 0 Å². The first-order valence-electron chi connectivity index (χ1n) is 11.9. The first-order chi connectivity index (χ1) is 13.5. The van der Waals surface area contributed by atoms with Crippen molar-refractivity contribution in [3.63, 3.8) is 0 Å². The van der Waals surface area contributed by atoms with E-state index < -0.39 is 0 Å². The average molecular weight is 386 g/mol. The maximum absolute atomic E-state index is 10.3. The Morgan fingerprint density at radius 1 is 1.18 bits per heavy atom. The quantitative estimate of drug-likeness (QED) is 0.689. The summed E-state index contributed by atoms with van der Waals surface area (Å²) in [6, 6.07) is 0. The minimum absolute atomic E-state index is 0.113. The van der Waals surface area contributed by atoms with Gasteiger partial charge in [0.2, 0.25) is 0 Å². The average Bonchev–Trinajstić information content (AvgIpc) is 3.06. The molecule has 3 nitrogen and oxygen atoms in total. The Kier molecular flexibility index (Phi) is 4.80. The molecule has 3 fully saturated rings. The molecule has 0 radical (unpaired) electrons. The summed E-state index contributed by atoms with van der Waals surface area (Å²) in [6.07, 6.45) is 13.6. The van der Waals surface area contributed by atoms with Gasteiger partial charge in [0.05, 0.1) is 18.8 Å². The van der Waals surface area contributed by atoms with Gasteiger partial charge in [0.25, 0.3) is 0 Å². The number of fused-ring (bicyclic) bond motifs is 5. The van der Waals surface area contributed by atoms with Gasteiger partial charge >= 0.3 is 0 Å². The third-order valence-corrected chi connectivity index (χ3v) is 9.63. The largest absolute Gasteiger partial charge is 0.393 e. The molecule has 1 saturated heterocycles. The molecular formula is C25H39NO2. The molecule has 2 saturated carbocycles. The maximum Gasteiger partial charge on any atom is 0.0915 e. The summed E-state index contributed by atoms with van der Waals surface area (Å²) in [6.45, 7) is 10.3. The highest BCUT2D eigenvalue weighted by molar-refractivity contribution is 5.33. The van der Waals surface area contributed by atoms with Gasteiger partial charge in [-0.05, 0) is 85.0 Å². The van der Waals surface area contributed by atoms with Crippen LogP contribution in [0.5, 0.6) is 0 Å². The van der Waals surface area contributed by atoms with Crippen LogP contribution in [0, 0.1) is 34.5 Å².